The maximum absolute atomic E-state index is 5.04. The number of imidazole rings is 1. The molecule has 6 nitrogen and oxygen atoms in total. The molecule has 3 rings (SSSR count). The van der Waals surface area contributed by atoms with Crippen LogP contribution in [0.1, 0.15) is 18.2 Å². The molecule has 2 N–H and O–H groups in total. The van der Waals surface area contributed by atoms with Crippen LogP contribution in [0.2, 0.25) is 0 Å². The Balaban J connectivity index is 1.61. The van der Waals surface area contributed by atoms with Crippen molar-refractivity contribution in [3.8, 4) is 0 Å². The highest BCUT2D eigenvalue weighted by Crippen LogP contribution is 2.11. The van der Waals surface area contributed by atoms with Crippen molar-refractivity contribution < 1.29 is 4.42 Å². The fraction of sp³-hybridized carbons (Fsp3) is 0.286. The van der Waals surface area contributed by atoms with E-state index in [1.165, 1.54) is 0 Å². The van der Waals surface area contributed by atoms with Gasteiger partial charge in [-0.1, -0.05) is 0 Å². The molecule has 110 valence electrons. The van der Waals surface area contributed by atoms with Crippen molar-refractivity contribution >= 4 is 22.3 Å². The number of fused-ring (bicyclic) bond motifs is 1. The van der Waals surface area contributed by atoms with Crippen molar-refractivity contribution in [2.24, 2.45) is 4.99 Å². The monoisotopic (exact) mass is 303 g/mol. The molecule has 0 aliphatic rings. The largest absolute Gasteiger partial charge is 0.472 e. The van der Waals surface area contributed by atoms with Crippen LogP contribution in [0.25, 0.3) is 4.96 Å². The van der Waals surface area contributed by atoms with Gasteiger partial charge in [0.1, 0.15) is 0 Å². The lowest BCUT2D eigenvalue weighted by atomic mass is 10.3. The van der Waals surface area contributed by atoms with Crippen LogP contribution in [-0.2, 0) is 13.1 Å². The average molecular weight is 303 g/mol. The predicted octanol–water partition coefficient (Wildman–Crippen LogP) is 2.24. The van der Waals surface area contributed by atoms with E-state index in [4.69, 9.17) is 4.42 Å². The Morgan fingerprint density at radius 2 is 2.43 bits per heavy atom. The van der Waals surface area contributed by atoms with Gasteiger partial charge in [-0.25, -0.2) is 9.98 Å². The van der Waals surface area contributed by atoms with Crippen LogP contribution < -0.4 is 10.6 Å². The maximum atomic E-state index is 5.04. The van der Waals surface area contributed by atoms with E-state index in [2.05, 4.69) is 20.6 Å². The Kier molecular flexibility index (Phi) is 4.20. The van der Waals surface area contributed by atoms with Crippen LogP contribution in [0.5, 0.6) is 0 Å². The lowest BCUT2D eigenvalue weighted by molar-refractivity contribution is 0.564. The van der Waals surface area contributed by atoms with Crippen molar-refractivity contribution in [1.82, 2.24) is 20.0 Å². The highest BCUT2D eigenvalue weighted by Gasteiger charge is 2.04. The summed E-state index contributed by atoms with van der Waals surface area (Å²) >= 11 is 1.63. The minimum absolute atomic E-state index is 0.587. The zero-order chi connectivity index (χ0) is 14.5. The molecule has 0 saturated heterocycles. The van der Waals surface area contributed by atoms with Gasteiger partial charge in [0.2, 0.25) is 0 Å². The van der Waals surface area contributed by atoms with Crippen molar-refractivity contribution in [1.29, 1.82) is 0 Å². The molecule has 0 bridgehead atoms. The van der Waals surface area contributed by atoms with Crippen LogP contribution in [-0.4, -0.2) is 21.9 Å². The molecule has 3 heterocycles. The normalized spacial score (nSPS) is 12.0. The molecule has 0 radical (unpaired) electrons. The van der Waals surface area contributed by atoms with E-state index in [9.17, 15) is 0 Å². The number of rotatable bonds is 5. The molecular weight excluding hydrogens is 286 g/mol. The Hall–Kier alpha value is -2.28. The molecule has 3 aromatic rings. The van der Waals surface area contributed by atoms with Crippen LogP contribution in [0, 0.1) is 0 Å². The molecule has 0 fully saturated rings. The Bertz CT molecular complexity index is 684. The molecule has 0 amide bonds. The SMILES string of the molecule is CCNC(=NCc1ccoc1)NCc1cn2ccsc2n1. The number of aliphatic imine (C=N–C) groups is 1. The smallest absolute Gasteiger partial charge is 0.193 e. The van der Waals surface area contributed by atoms with E-state index >= 15 is 0 Å². The lowest BCUT2D eigenvalue weighted by Gasteiger charge is -2.09. The van der Waals surface area contributed by atoms with E-state index in [0.29, 0.717) is 13.1 Å². The van der Waals surface area contributed by atoms with Crippen LogP contribution in [0.15, 0.2) is 45.8 Å². The highest BCUT2D eigenvalue weighted by atomic mass is 32.1. The molecule has 0 aliphatic carbocycles. The summed E-state index contributed by atoms with van der Waals surface area (Å²) < 4.78 is 7.06. The molecule has 0 saturated carbocycles. The summed E-state index contributed by atoms with van der Waals surface area (Å²) in [4.78, 5) is 10.1. The summed E-state index contributed by atoms with van der Waals surface area (Å²) in [5.41, 5.74) is 2.05. The standard InChI is InChI=1S/C14H17N5OS/c1-2-15-13(16-7-11-3-5-20-10-11)17-8-12-9-19-4-6-21-14(19)18-12/h3-6,9-10H,2,7-8H2,1H3,(H2,15,16,17). The second-order valence-electron chi connectivity index (χ2n) is 4.51. The first kappa shape index (κ1) is 13.7. The summed E-state index contributed by atoms with van der Waals surface area (Å²) in [6, 6.07) is 1.91. The number of nitrogens with zero attached hydrogens (tertiary/aromatic N) is 3. The summed E-state index contributed by atoms with van der Waals surface area (Å²) in [5, 5.41) is 8.53. The molecule has 3 aromatic heterocycles. The number of furan rings is 1. The van der Waals surface area contributed by atoms with Gasteiger partial charge in [-0.05, 0) is 13.0 Å². The fourth-order valence-electron chi connectivity index (χ4n) is 1.93. The summed E-state index contributed by atoms with van der Waals surface area (Å²) in [6.07, 6.45) is 7.40. The average Bonchev–Trinajstić information content (AvgIpc) is 3.18. The highest BCUT2D eigenvalue weighted by molar-refractivity contribution is 7.15. The first-order chi connectivity index (χ1) is 10.3. The Morgan fingerprint density at radius 1 is 1.48 bits per heavy atom. The number of guanidine groups is 1. The zero-order valence-electron chi connectivity index (χ0n) is 11.7. The van der Waals surface area contributed by atoms with Gasteiger partial charge in [0.25, 0.3) is 0 Å². The number of thiazole rings is 1. The quantitative estimate of drug-likeness (QED) is 0.560. The van der Waals surface area contributed by atoms with Gasteiger partial charge in [0, 0.05) is 29.9 Å². The van der Waals surface area contributed by atoms with Crippen molar-refractivity contribution in [2.45, 2.75) is 20.0 Å². The molecule has 0 aromatic carbocycles. The third kappa shape index (κ3) is 3.43. The van der Waals surface area contributed by atoms with E-state index < -0.39 is 0 Å². The number of hydrogen-bond acceptors (Lipinski definition) is 4. The molecule has 0 spiro atoms. The molecule has 0 atom stereocenters. The minimum Gasteiger partial charge on any atom is -0.472 e. The summed E-state index contributed by atoms with van der Waals surface area (Å²) in [6.45, 7) is 4.09. The van der Waals surface area contributed by atoms with Crippen molar-refractivity contribution in [2.75, 3.05) is 6.54 Å². The topological polar surface area (TPSA) is 66.9 Å². The summed E-state index contributed by atoms with van der Waals surface area (Å²) in [5.74, 6) is 0.773. The van der Waals surface area contributed by atoms with Gasteiger partial charge in [-0.2, -0.15) is 0 Å². The van der Waals surface area contributed by atoms with E-state index in [1.54, 1.807) is 23.9 Å². The molecule has 21 heavy (non-hydrogen) atoms. The Labute approximate surface area is 126 Å². The second kappa shape index (κ2) is 6.45. The van der Waals surface area contributed by atoms with E-state index in [1.807, 2.05) is 35.2 Å². The number of aromatic nitrogens is 2. The minimum atomic E-state index is 0.587. The van der Waals surface area contributed by atoms with Crippen molar-refractivity contribution in [3.05, 3.63) is 47.6 Å². The van der Waals surface area contributed by atoms with Crippen LogP contribution >= 0.6 is 11.3 Å². The zero-order valence-corrected chi connectivity index (χ0v) is 12.6. The van der Waals surface area contributed by atoms with Gasteiger partial charge in [-0.3, -0.25) is 4.40 Å². The fourth-order valence-corrected chi connectivity index (χ4v) is 2.65. The lowest BCUT2D eigenvalue weighted by Crippen LogP contribution is -2.36. The second-order valence-corrected chi connectivity index (χ2v) is 5.38. The van der Waals surface area contributed by atoms with Gasteiger partial charge in [0.05, 0.1) is 31.3 Å². The first-order valence-electron chi connectivity index (χ1n) is 6.79. The predicted molar refractivity (Wildman–Crippen MR) is 83.4 cm³/mol. The van der Waals surface area contributed by atoms with Gasteiger partial charge in [0.15, 0.2) is 10.9 Å². The first-order valence-corrected chi connectivity index (χ1v) is 7.67. The van der Waals surface area contributed by atoms with Gasteiger partial charge in [-0.15, -0.1) is 11.3 Å². The maximum Gasteiger partial charge on any atom is 0.193 e. The molecular formula is C14H17N5OS. The van der Waals surface area contributed by atoms with Crippen molar-refractivity contribution in [3.63, 3.8) is 0 Å². The number of hydrogen-bond donors (Lipinski definition) is 2. The third-order valence-corrected chi connectivity index (χ3v) is 3.69. The third-order valence-electron chi connectivity index (χ3n) is 2.92. The molecule has 7 heteroatoms. The van der Waals surface area contributed by atoms with E-state index in [0.717, 1.165) is 28.7 Å². The molecule has 0 unspecified atom stereocenters. The number of nitrogens with one attached hydrogen (secondary N) is 2. The Morgan fingerprint density at radius 3 is 3.19 bits per heavy atom. The van der Waals surface area contributed by atoms with E-state index in [-0.39, 0.29) is 0 Å². The summed E-state index contributed by atoms with van der Waals surface area (Å²) in [7, 11) is 0. The molecule has 0 aliphatic heterocycles. The van der Waals surface area contributed by atoms with Crippen LogP contribution in [0.4, 0.5) is 0 Å². The van der Waals surface area contributed by atoms with Gasteiger partial charge >= 0.3 is 0 Å². The van der Waals surface area contributed by atoms with Crippen LogP contribution in [0.3, 0.4) is 0 Å². The van der Waals surface area contributed by atoms with Gasteiger partial charge < -0.3 is 15.1 Å².